The number of hydrogen-bond acceptors (Lipinski definition) is 5. The van der Waals surface area contributed by atoms with Gasteiger partial charge in [0.15, 0.2) is 0 Å². The van der Waals surface area contributed by atoms with Crippen LogP contribution in [-0.4, -0.2) is 25.2 Å². The fourth-order valence-corrected chi connectivity index (χ4v) is 2.98. The lowest BCUT2D eigenvalue weighted by molar-refractivity contribution is 0.0449. The number of ether oxygens (including phenoxy) is 3. The SMILES string of the molecule is Cc1ccc(C(=O)Oc2cccc(C(=O)OCCOc3ccccc3)c2)cc1I. The predicted octanol–water partition coefficient (Wildman–Crippen LogP) is 5.05. The summed E-state index contributed by atoms with van der Waals surface area (Å²) in [6, 6.07) is 21.0. The Morgan fingerprint density at radius 2 is 1.52 bits per heavy atom. The lowest BCUT2D eigenvalue weighted by Crippen LogP contribution is -2.13. The van der Waals surface area contributed by atoms with Crippen molar-refractivity contribution in [1.82, 2.24) is 0 Å². The number of benzene rings is 3. The average molecular weight is 502 g/mol. The fourth-order valence-electron chi connectivity index (χ4n) is 2.47. The number of aryl methyl sites for hydroxylation is 1. The van der Waals surface area contributed by atoms with Gasteiger partial charge in [-0.15, -0.1) is 0 Å². The van der Waals surface area contributed by atoms with Crippen LogP contribution in [0.3, 0.4) is 0 Å². The molecule has 0 N–H and O–H groups in total. The van der Waals surface area contributed by atoms with E-state index in [1.807, 2.05) is 43.3 Å². The molecule has 3 aromatic rings. The van der Waals surface area contributed by atoms with Gasteiger partial charge in [-0.25, -0.2) is 9.59 Å². The Kier molecular flexibility index (Phi) is 7.24. The van der Waals surface area contributed by atoms with Gasteiger partial charge in [0, 0.05) is 3.57 Å². The van der Waals surface area contributed by atoms with Crippen molar-refractivity contribution < 1.29 is 23.8 Å². The van der Waals surface area contributed by atoms with E-state index in [0.717, 1.165) is 9.13 Å². The summed E-state index contributed by atoms with van der Waals surface area (Å²) in [7, 11) is 0. The first-order valence-electron chi connectivity index (χ1n) is 8.96. The third-order valence-corrected chi connectivity index (χ3v) is 5.18. The minimum Gasteiger partial charge on any atom is -0.490 e. The molecule has 0 fully saturated rings. The summed E-state index contributed by atoms with van der Waals surface area (Å²) in [5.41, 5.74) is 1.84. The molecule has 0 atom stereocenters. The molecule has 0 saturated heterocycles. The molecule has 5 nitrogen and oxygen atoms in total. The van der Waals surface area contributed by atoms with Crippen LogP contribution in [0.15, 0.2) is 72.8 Å². The van der Waals surface area contributed by atoms with E-state index >= 15 is 0 Å². The number of hydrogen-bond donors (Lipinski definition) is 0. The molecule has 0 amide bonds. The summed E-state index contributed by atoms with van der Waals surface area (Å²) >= 11 is 2.17. The molecule has 148 valence electrons. The zero-order valence-electron chi connectivity index (χ0n) is 15.8. The Labute approximate surface area is 182 Å². The van der Waals surface area contributed by atoms with Gasteiger partial charge in [-0.2, -0.15) is 0 Å². The molecule has 0 saturated carbocycles. The molecular weight excluding hydrogens is 483 g/mol. The van der Waals surface area contributed by atoms with Crippen LogP contribution in [0.1, 0.15) is 26.3 Å². The molecule has 0 aliphatic heterocycles. The van der Waals surface area contributed by atoms with Gasteiger partial charge < -0.3 is 14.2 Å². The Hall–Kier alpha value is -2.87. The highest BCUT2D eigenvalue weighted by molar-refractivity contribution is 14.1. The van der Waals surface area contributed by atoms with Crippen LogP contribution >= 0.6 is 22.6 Å². The highest BCUT2D eigenvalue weighted by Crippen LogP contribution is 2.18. The van der Waals surface area contributed by atoms with Crippen LogP contribution in [0.5, 0.6) is 11.5 Å². The van der Waals surface area contributed by atoms with E-state index in [2.05, 4.69) is 22.6 Å². The van der Waals surface area contributed by atoms with Crippen molar-refractivity contribution in [3.63, 3.8) is 0 Å². The molecule has 0 radical (unpaired) electrons. The second kappa shape index (κ2) is 10.1. The molecule has 0 aliphatic carbocycles. The Morgan fingerprint density at radius 1 is 0.793 bits per heavy atom. The molecule has 6 heteroatoms. The molecule has 0 aliphatic rings. The monoisotopic (exact) mass is 502 g/mol. The van der Waals surface area contributed by atoms with Crippen LogP contribution in [0.25, 0.3) is 0 Å². The second-order valence-corrected chi connectivity index (χ2v) is 7.34. The summed E-state index contributed by atoms with van der Waals surface area (Å²) in [5, 5.41) is 0. The summed E-state index contributed by atoms with van der Waals surface area (Å²) < 4.78 is 17.1. The first kappa shape index (κ1) is 20.9. The number of halogens is 1. The number of carbonyl (C=O) groups excluding carboxylic acids is 2. The maximum absolute atomic E-state index is 12.3. The smallest absolute Gasteiger partial charge is 0.343 e. The van der Waals surface area contributed by atoms with E-state index in [1.165, 1.54) is 6.07 Å². The number of rotatable bonds is 7. The molecule has 0 aromatic heterocycles. The van der Waals surface area contributed by atoms with Crippen LogP contribution in [-0.2, 0) is 4.74 Å². The van der Waals surface area contributed by atoms with Crippen molar-refractivity contribution in [3.05, 3.63) is 93.1 Å². The summed E-state index contributed by atoms with van der Waals surface area (Å²) in [6.45, 7) is 2.33. The molecular formula is C23H19IO5. The topological polar surface area (TPSA) is 61.8 Å². The number of carbonyl (C=O) groups is 2. The van der Waals surface area contributed by atoms with Crippen LogP contribution < -0.4 is 9.47 Å². The van der Waals surface area contributed by atoms with Crippen molar-refractivity contribution in [2.75, 3.05) is 13.2 Å². The third kappa shape index (κ3) is 6.05. The maximum atomic E-state index is 12.3. The zero-order chi connectivity index (χ0) is 20.6. The highest BCUT2D eigenvalue weighted by atomic mass is 127. The molecule has 3 aromatic carbocycles. The quantitative estimate of drug-likeness (QED) is 0.196. The summed E-state index contributed by atoms with van der Waals surface area (Å²) in [6.07, 6.45) is 0. The molecule has 0 heterocycles. The van der Waals surface area contributed by atoms with Gasteiger partial charge in [-0.05, 0) is 77.5 Å². The molecule has 3 rings (SSSR count). The number of esters is 2. The predicted molar refractivity (Wildman–Crippen MR) is 118 cm³/mol. The van der Waals surface area contributed by atoms with E-state index in [9.17, 15) is 9.59 Å². The van der Waals surface area contributed by atoms with Gasteiger partial charge >= 0.3 is 11.9 Å². The van der Waals surface area contributed by atoms with Crippen LogP contribution in [0.4, 0.5) is 0 Å². The van der Waals surface area contributed by atoms with Gasteiger partial charge in [0.2, 0.25) is 0 Å². The van der Waals surface area contributed by atoms with E-state index < -0.39 is 11.9 Å². The van der Waals surface area contributed by atoms with Crippen molar-refractivity contribution in [2.45, 2.75) is 6.92 Å². The van der Waals surface area contributed by atoms with E-state index in [4.69, 9.17) is 14.2 Å². The maximum Gasteiger partial charge on any atom is 0.343 e. The Balaban J connectivity index is 1.54. The van der Waals surface area contributed by atoms with Crippen LogP contribution in [0, 0.1) is 10.5 Å². The lowest BCUT2D eigenvalue weighted by Gasteiger charge is -2.09. The average Bonchev–Trinajstić information content (AvgIpc) is 2.74. The van der Waals surface area contributed by atoms with Crippen molar-refractivity contribution in [1.29, 1.82) is 0 Å². The molecule has 29 heavy (non-hydrogen) atoms. The number of para-hydroxylation sites is 1. The van der Waals surface area contributed by atoms with E-state index in [-0.39, 0.29) is 19.0 Å². The lowest BCUT2D eigenvalue weighted by atomic mass is 10.1. The normalized spacial score (nSPS) is 10.3. The summed E-state index contributed by atoms with van der Waals surface area (Å²) in [5.74, 6) is -0.00191. The molecule has 0 bridgehead atoms. The van der Waals surface area contributed by atoms with Crippen molar-refractivity contribution in [3.8, 4) is 11.5 Å². The van der Waals surface area contributed by atoms with Gasteiger partial charge in [0.1, 0.15) is 24.7 Å². The Morgan fingerprint density at radius 3 is 2.28 bits per heavy atom. The highest BCUT2D eigenvalue weighted by Gasteiger charge is 2.13. The zero-order valence-corrected chi connectivity index (χ0v) is 17.9. The Bertz CT molecular complexity index is 1000. The molecule has 0 spiro atoms. The van der Waals surface area contributed by atoms with E-state index in [0.29, 0.717) is 16.9 Å². The van der Waals surface area contributed by atoms with Gasteiger partial charge in [-0.3, -0.25) is 0 Å². The second-order valence-electron chi connectivity index (χ2n) is 6.18. The van der Waals surface area contributed by atoms with Crippen molar-refractivity contribution in [2.24, 2.45) is 0 Å². The molecule has 0 unspecified atom stereocenters. The fraction of sp³-hybridized carbons (Fsp3) is 0.130. The first-order chi connectivity index (χ1) is 14.0. The summed E-state index contributed by atoms with van der Waals surface area (Å²) in [4.78, 5) is 24.6. The van der Waals surface area contributed by atoms with Crippen molar-refractivity contribution >= 4 is 34.5 Å². The largest absolute Gasteiger partial charge is 0.490 e. The minimum absolute atomic E-state index is 0.111. The van der Waals surface area contributed by atoms with Gasteiger partial charge in [-0.1, -0.05) is 30.3 Å². The van der Waals surface area contributed by atoms with Crippen LogP contribution in [0.2, 0.25) is 0 Å². The third-order valence-electron chi connectivity index (χ3n) is 4.02. The standard InChI is InChI=1S/C23H19IO5/c1-16-10-11-18(15-21(16)24)23(26)29-20-9-5-6-17(14-20)22(25)28-13-12-27-19-7-3-2-4-8-19/h2-11,14-15H,12-13H2,1H3. The van der Waals surface area contributed by atoms with Gasteiger partial charge in [0.25, 0.3) is 0 Å². The first-order valence-corrected chi connectivity index (χ1v) is 10.0. The minimum atomic E-state index is -0.510. The van der Waals surface area contributed by atoms with Gasteiger partial charge in [0.05, 0.1) is 11.1 Å². The van der Waals surface area contributed by atoms with E-state index in [1.54, 1.807) is 30.3 Å².